The molecule has 0 aromatic heterocycles. The summed E-state index contributed by atoms with van der Waals surface area (Å²) in [6, 6.07) is 7.91. The lowest BCUT2D eigenvalue weighted by molar-refractivity contribution is 0.0937. The fourth-order valence-corrected chi connectivity index (χ4v) is 2.94. The zero-order chi connectivity index (χ0) is 13.7. The van der Waals surface area contributed by atoms with Gasteiger partial charge >= 0.3 is 0 Å². The molecule has 0 radical (unpaired) electrons. The molecule has 5 heteroatoms. The minimum absolute atomic E-state index is 0.0298. The zero-order valence-corrected chi connectivity index (χ0v) is 11.7. The van der Waals surface area contributed by atoms with Gasteiger partial charge in [0.05, 0.1) is 6.61 Å². The van der Waals surface area contributed by atoms with Crippen LogP contribution in [0.15, 0.2) is 29.2 Å². The van der Waals surface area contributed by atoms with Crippen molar-refractivity contribution in [3.05, 3.63) is 29.8 Å². The van der Waals surface area contributed by atoms with Crippen LogP contribution in [0.4, 0.5) is 0 Å². The largest absolute Gasteiger partial charge is 0.396 e. The van der Waals surface area contributed by atoms with E-state index < -0.39 is 0 Å². The van der Waals surface area contributed by atoms with Gasteiger partial charge in [0.25, 0.3) is 5.91 Å². The Balaban J connectivity index is 1.88. The molecule has 1 aliphatic carbocycles. The first-order valence-corrected chi connectivity index (χ1v) is 7.58. The summed E-state index contributed by atoms with van der Waals surface area (Å²) < 4.78 is 0. The standard InChI is InChI=1S/C14H20N2O2S/c15-11-3-4-12(9-11)16-14(18)10-1-5-13(6-2-10)19-8-7-17/h1-2,5-6,11-12,17H,3-4,7-9,15H2,(H,16,18)/t11-,12-/m0/s1. The van der Waals surface area contributed by atoms with E-state index in [0.29, 0.717) is 11.3 Å². The van der Waals surface area contributed by atoms with Crippen molar-refractivity contribution in [2.75, 3.05) is 12.4 Å². The van der Waals surface area contributed by atoms with Crippen molar-refractivity contribution in [2.24, 2.45) is 5.73 Å². The number of hydrogen-bond acceptors (Lipinski definition) is 4. The first kappa shape index (κ1) is 14.4. The van der Waals surface area contributed by atoms with Crippen molar-refractivity contribution in [1.29, 1.82) is 0 Å². The van der Waals surface area contributed by atoms with Crippen LogP contribution >= 0.6 is 11.8 Å². The van der Waals surface area contributed by atoms with E-state index in [-0.39, 0.29) is 24.6 Å². The number of nitrogens with one attached hydrogen (secondary N) is 1. The minimum atomic E-state index is -0.0298. The number of carbonyl (C=O) groups is 1. The van der Waals surface area contributed by atoms with Gasteiger partial charge in [-0.25, -0.2) is 0 Å². The highest BCUT2D eigenvalue weighted by Gasteiger charge is 2.23. The summed E-state index contributed by atoms with van der Waals surface area (Å²) >= 11 is 1.58. The quantitative estimate of drug-likeness (QED) is 0.712. The van der Waals surface area contributed by atoms with Gasteiger partial charge < -0.3 is 16.2 Å². The van der Waals surface area contributed by atoms with Gasteiger partial charge in [-0.1, -0.05) is 0 Å². The molecular weight excluding hydrogens is 260 g/mol. The summed E-state index contributed by atoms with van der Waals surface area (Å²) in [7, 11) is 0. The third-order valence-electron chi connectivity index (χ3n) is 3.28. The number of thioether (sulfide) groups is 1. The Bertz CT molecular complexity index is 422. The number of hydrogen-bond donors (Lipinski definition) is 3. The topological polar surface area (TPSA) is 75.3 Å². The maximum atomic E-state index is 12.0. The molecule has 1 aliphatic rings. The molecule has 1 fully saturated rings. The highest BCUT2D eigenvalue weighted by atomic mass is 32.2. The molecular formula is C14H20N2O2S. The van der Waals surface area contributed by atoms with Crippen LogP contribution in [0.1, 0.15) is 29.6 Å². The van der Waals surface area contributed by atoms with Crippen LogP contribution < -0.4 is 11.1 Å². The second-order valence-electron chi connectivity index (χ2n) is 4.84. The Morgan fingerprint density at radius 1 is 1.37 bits per heavy atom. The molecule has 2 atom stereocenters. The summed E-state index contributed by atoms with van der Waals surface area (Å²) in [6.07, 6.45) is 2.83. The molecule has 1 aromatic rings. The lowest BCUT2D eigenvalue weighted by Crippen LogP contribution is -2.33. The van der Waals surface area contributed by atoms with E-state index in [1.165, 1.54) is 0 Å². The highest BCUT2D eigenvalue weighted by Crippen LogP contribution is 2.19. The number of carbonyl (C=O) groups excluding carboxylic acids is 1. The number of aliphatic hydroxyl groups excluding tert-OH is 1. The lowest BCUT2D eigenvalue weighted by Gasteiger charge is -2.12. The van der Waals surface area contributed by atoms with Gasteiger partial charge in [0.15, 0.2) is 0 Å². The second kappa shape index (κ2) is 6.93. The fourth-order valence-electron chi connectivity index (χ4n) is 2.28. The van der Waals surface area contributed by atoms with E-state index >= 15 is 0 Å². The molecule has 0 unspecified atom stereocenters. The highest BCUT2D eigenvalue weighted by molar-refractivity contribution is 7.99. The number of amides is 1. The summed E-state index contributed by atoms with van der Waals surface area (Å²) in [4.78, 5) is 13.1. The van der Waals surface area contributed by atoms with E-state index in [0.717, 1.165) is 24.2 Å². The molecule has 2 rings (SSSR count). The molecule has 4 nitrogen and oxygen atoms in total. The van der Waals surface area contributed by atoms with Gasteiger partial charge in [-0.2, -0.15) is 0 Å². The third kappa shape index (κ3) is 4.23. The molecule has 0 saturated heterocycles. The summed E-state index contributed by atoms with van der Waals surface area (Å²) in [6.45, 7) is 0.162. The Hall–Kier alpha value is -1.04. The van der Waals surface area contributed by atoms with Crippen LogP contribution in [0.3, 0.4) is 0 Å². The van der Waals surface area contributed by atoms with Crippen LogP contribution in [-0.2, 0) is 0 Å². The minimum Gasteiger partial charge on any atom is -0.396 e. The van der Waals surface area contributed by atoms with Crippen molar-refractivity contribution in [3.8, 4) is 0 Å². The van der Waals surface area contributed by atoms with Crippen LogP contribution in [0.5, 0.6) is 0 Å². The van der Waals surface area contributed by atoms with Crippen molar-refractivity contribution in [2.45, 2.75) is 36.2 Å². The number of nitrogens with two attached hydrogens (primary N) is 1. The first-order chi connectivity index (χ1) is 9.19. The zero-order valence-electron chi connectivity index (χ0n) is 10.8. The van der Waals surface area contributed by atoms with Crippen LogP contribution in [0.25, 0.3) is 0 Å². The van der Waals surface area contributed by atoms with Crippen molar-refractivity contribution in [1.82, 2.24) is 5.32 Å². The molecule has 4 N–H and O–H groups in total. The van der Waals surface area contributed by atoms with E-state index in [4.69, 9.17) is 10.8 Å². The van der Waals surface area contributed by atoms with E-state index in [9.17, 15) is 4.79 Å². The molecule has 0 bridgehead atoms. The summed E-state index contributed by atoms with van der Waals surface area (Å²) in [5.41, 5.74) is 6.51. The maximum Gasteiger partial charge on any atom is 0.251 e. The van der Waals surface area contributed by atoms with Gasteiger partial charge in [0.1, 0.15) is 0 Å². The number of aliphatic hydroxyl groups is 1. The van der Waals surface area contributed by atoms with Gasteiger partial charge in [0.2, 0.25) is 0 Å². The predicted molar refractivity (Wildman–Crippen MR) is 77.3 cm³/mol. The van der Waals surface area contributed by atoms with E-state index in [1.54, 1.807) is 11.8 Å². The SMILES string of the molecule is N[C@H]1CC[C@H](NC(=O)c2ccc(SCCO)cc2)C1. The fraction of sp³-hybridized carbons (Fsp3) is 0.500. The van der Waals surface area contributed by atoms with E-state index in [1.807, 2.05) is 24.3 Å². The van der Waals surface area contributed by atoms with Gasteiger partial charge in [0, 0.05) is 28.3 Å². The van der Waals surface area contributed by atoms with Gasteiger partial charge in [-0.05, 0) is 43.5 Å². The average molecular weight is 280 g/mol. The van der Waals surface area contributed by atoms with Crippen LogP contribution in [0.2, 0.25) is 0 Å². The molecule has 0 aliphatic heterocycles. The number of rotatable bonds is 5. The predicted octanol–water partition coefficient (Wildman–Crippen LogP) is 1.38. The second-order valence-corrected chi connectivity index (χ2v) is 6.01. The normalized spacial score (nSPS) is 22.4. The van der Waals surface area contributed by atoms with Crippen molar-refractivity contribution >= 4 is 17.7 Å². The molecule has 1 aromatic carbocycles. The maximum absolute atomic E-state index is 12.0. The van der Waals surface area contributed by atoms with Gasteiger partial charge in [-0.3, -0.25) is 4.79 Å². The molecule has 1 saturated carbocycles. The van der Waals surface area contributed by atoms with Crippen molar-refractivity contribution in [3.63, 3.8) is 0 Å². The molecule has 19 heavy (non-hydrogen) atoms. The first-order valence-electron chi connectivity index (χ1n) is 6.59. The smallest absolute Gasteiger partial charge is 0.251 e. The Morgan fingerprint density at radius 3 is 2.68 bits per heavy atom. The van der Waals surface area contributed by atoms with Gasteiger partial charge in [-0.15, -0.1) is 11.8 Å². The van der Waals surface area contributed by atoms with Crippen LogP contribution in [0, 0.1) is 0 Å². The monoisotopic (exact) mass is 280 g/mol. The van der Waals surface area contributed by atoms with Crippen molar-refractivity contribution < 1.29 is 9.90 Å². The molecule has 0 spiro atoms. The third-order valence-corrected chi connectivity index (χ3v) is 4.28. The van der Waals surface area contributed by atoms with Crippen LogP contribution in [-0.4, -0.2) is 35.5 Å². The number of benzene rings is 1. The summed E-state index contributed by atoms with van der Waals surface area (Å²) in [5, 5.41) is 11.8. The lowest BCUT2D eigenvalue weighted by atomic mass is 10.2. The molecule has 104 valence electrons. The average Bonchev–Trinajstić information content (AvgIpc) is 2.82. The Kier molecular flexibility index (Phi) is 5.24. The Labute approximate surface area is 117 Å². The molecule has 1 amide bonds. The Morgan fingerprint density at radius 2 is 2.11 bits per heavy atom. The van der Waals surface area contributed by atoms with E-state index in [2.05, 4.69) is 5.32 Å². The molecule has 0 heterocycles. The summed E-state index contributed by atoms with van der Waals surface area (Å²) in [5.74, 6) is 0.642.